The largest absolute Gasteiger partial charge is 0.330 e. The lowest BCUT2D eigenvalue weighted by Crippen LogP contribution is -2.24. The summed E-state index contributed by atoms with van der Waals surface area (Å²) in [6, 6.07) is 0. The van der Waals surface area contributed by atoms with Crippen LogP contribution in [0.15, 0.2) is 12.7 Å². The topological polar surface area (TPSA) is 26.0 Å². The lowest BCUT2D eigenvalue weighted by Gasteiger charge is -2.32. The molecule has 0 aromatic rings. The van der Waals surface area contributed by atoms with E-state index in [2.05, 4.69) is 62.0 Å². The van der Waals surface area contributed by atoms with Gasteiger partial charge in [0.2, 0.25) is 0 Å². The summed E-state index contributed by atoms with van der Waals surface area (Å²) in [6.45, 7) is 34.5. The zero-order valence-electron chi connectivity index (χ0n) is 24.6. The molecular weight excluding hydrogens is 398 g/mol. The van der Waals surface area contributed by atoms with Crippen molar-refractivity contribution in [1.82, 2.24) is 0 Å². The van der Waals surface area contributed by atoms with E-state index in [9.17, 15) is 0 Å². The maximum Gasteiger partial charge on any atom is 0.0307 e. The Hall–Kier alpha value is -0.0100. The van der Waals surface area contributed by atoms with Crippen LogP contribution in [0.1, 0.15) is 135 Å². The van der Waals surface area contributed by atoms with Crippen LogP contribution < -0.4 is 5.73 Å². The molecule has 1 saturated carbocycles. The highest BCUT2D eigenvalue weighted by Gasteiger charge is 2.37. The van der Waals surface area contributed by atoms with E-state index in [1.807, 2.05) is 47.6 Å². The van der Waals surface area contributed by atoms with Gasteiger partial charge < -0.3 is 5.73 Å². The number of hydrogen-bond acceptors (Lipinski definition) is 1. The molecule has 0 bridgehead atoms. The minimum Gasteiger partial charge on any atom is -0.330 e. The third kappa shape index (κ3) is 28.0. The van der Waals surface area contributed by atoms with Crippen molar-refractivity contribution in [3.8, 4) is 0 Å². The fourth-order valence-electron chi connectivity index (χ4n) is 3.37. The molecule has 0 aromatic carbocycles. The summed E-state index contributed by atoms with van der Waals surface area (Å²) in [4.78, 5) is 0. The van der Waals surface area contributed by atoms with Crippen LogP contribution in [0, 0.1) is 29.1 Å². The molecule has 1 aliphatic carbocycles. The van der Waals surface area contributed by atoms with E-state index in [1.165, 1.54) is 32.1 Å². The van der Waals surface area contributed by atoms with Crippen LogP contribution in [0.3, 0.4) is 0 Å². The van der Waals surface area contributed by atoms with Gasteiger partial charge in [0.1, 0.15) is 0 Å². The van der Waals surface area contributed by atoms with Crippen molar-refractivity contribution < 1.29 is 0 Å². The number of halogens is 1. The molecule has 0 amide bonds. The van der Waals surface area contributed by atoms with E-state index in [0.717, 1.165) is 30.7 Å². The van der Waals surface area contributed by atoms with Crippen molar-refractivity contribution in [2.75, 3.05) is 6.54 Å². The Morgan fingerprint density at radius 2 is 1.39 bits per heavy atom. The molecule has 31 heavy (non-hydrogen) atoms. The van der Waals surface area contributed by atoms with Crippen LogP contribution in [0.25, 0.3) is 0 Å². The maximum atomic E-state index is 6.00. The molecule has 1 aliphatic rings. The van der Waals surface area contributed by atoms with Crippen molar-refractivity contribution in [3.63, 3.8) is 0 Å². The van der Waals surface area contributed by atoms with Crippen molar-refractivity contribution in [3.05, 3.63) is 12.7 Å². The van der Waals surface area contributed by atoms with E-state index in [1.54, 1.807) is 0 Å². The van der Waals surface area contributed by atoms with E-state index in [-0.39, 0.29) is 0 Å². The van der Waals surface area contributed by atoms with Crippen LogP contribution in [0.2, 0.25) is 0 Å². The highest BCUT2D eigenvalue weighted by molar-refractivity contribution is 6.20. The van der Waals surface area contributed by atoms with Gasteiger partial charge in [-0.25, -0.2) is 0 Å². The summed E-state index contributed by atoms with van der Waals surface area (Å²) < 4.78 is 0. The average molecular weight is 464 g/mol. The Morgan fingerprint density at radius 1 is 0.968 bits per heavy atom. The van der Waals surface area contributed by atoms with Crippen LogP contribution >= 0.6 is 11.6 Å². The van der Waals surface area contributed by atoms with Gasteiger partial charge in [-0.1, -0.05) is 103 Å². The Morgan fingerprint density at radius 3 is 1.58 bits per heavy atom. The predicted octanol–water partition coefficient (Wildman–Crippen LogP) is 10.8. The lowest BCUT2D eigenvalue weighted by atomic mass is 9.73. The summed E-state index contributed by atoms with van der Waals surface area (Å²) >= 11 is 6.00. The van der Waals surface area contributed by atoms with E-state index in [4.69, 9.17) is 17.3 Å². The highest BCUT2D eigenvalue weighted by Crippen LogP contribution is 2.47. The summed E-state index contributed by atoms with van der Waals surface area (Å²) in [5.41, 5.74) is 5.61. The Kier molecular flexibility index (Phi) is 39.9. The summed E-state index contributed by atoms with van der Waals surface area (Å²) in [6.07, 6.45) is 9.85. The first-order valence-electron chi connectivity index (χ1n) is 13.5. The third-order valence-corrected chi connectivity index (χ3v) is 5.98. The van der Waals surface area contributed by atoms with E-state index in [0.29, 0.717) is 16.7 Å². The predicted molar refractivity (Wildman–Crippen MR) is 152 cm³/mol. The molecule has 0 heterocycles. The fourth-order valence-corrected chi connectivity index (χ4v) is 3.50. The Labute approximate surface area is 206 Å². The number of alkyl halides is 1. The second-order valence-corrected chi connectivity index (χ2v) is 9.70. The number of hydrogen-bond donors (Lipinski definition) is 1. The van der Waals surface area contributed by atoms with Gasteiger partial charge in [0.25, 0.3) is 0 Å². The number of allylic oxidation sites excluding steroid dienone is 1. The molecule has 0 saturated heterocycles. The maximum absolute atomic E-state index is 6.00. The standard InChI is InChI=1S/C13H25Cl.C7H14.C3H9N.3C2H6/c1-10(7-8-11(2)14)12-6-5-9-13(12,3)4;1-5-7(4)6(2)3;1-2-3-4;3*1-2/h10-12H,5-9H2,1-4H3;5-7H,1H2,2-4H3;2-4H2,1H3;3*1-2H3. The molecule has 1 rings (SSSR count). The minimum absolute atomic E-state index is 0.349. The first-order chi connectivity index (χ1) is 14.5. The zero-order chi connectivity index (χ0) is 26.0. The quantitative estimate of drug-likeness (QED) is 0.294. The van der Waals surface area contributed by atoms with Crippen LogP contribution in [0.5, 0.6) is 0 Å². The lowest BCUT2D eigenvalue weighted by molar-refractivity contribution is 0.178. The summed E-state index contributed by atoms with van der Waals surface area (Å²) in [5.74, 6) is 3.20. The van der Waals surface area contributed by atoms with Crippen molar-refractivity contribution >= 4 is 11.6 Å². The molecule has 194 valence electrons. The van der Waals surface area contributed by atoms with Crippen molar-refractivity contribution in [2.24, 2.45) is 34.8 Å². The van der Waals surface area contributed by atoms with E-state index < -0.39 is 0 Å². The van der Waals surface area contributed by atoms with Crippen LogP contribution in [0.4, 0.5) is 0 Å². The SMILES string of the molecule is C=CC(C)C(C)C.CC.CC.CC.CC(Cl)CCC(C)C1CCCC1(C)C.CCCN. The smallest absolute Gasteiger partial charge is 0.0307 e. The fraction of sp³-hybridized carbons (Fsp3) is 0.931. The van der Waals surface area contributed by atoms with Crippen molar-refractivity contribution in [2.45, 2.75) is 141 Å². The van der Waals surface area contributed by atoms with Gasteiger partial charge in [-0.05, 0) is 74.7 Å². The number of rotatable bonds is 7. The average Bonchev–Trinajstić information content (AvgIpc) is 3.15. The molecule has 4 atom stereocenters. The molecule has 1 nitrogen and oxygen atoms in total. The molecule has 0 aromatic heterocycles. The molecule has 2 N–H and O–H groups in total. The van der Waals surface area contributed by atoms with Gasteiger partial charge in [-0.15, -0.1) is 18.2 Å². The molecular formula is C29H66ClN. The first kappa shape index (κ1) is 41.3. The molecule has 4 unspecified atom stereocenters. The summed E-state index contributed by atoms with van der Waals surface area (Å²) in [7, 11) is 0. The van der Waals surface area contributed by atoms with Crippen LogP contribution in [-0.2, 0) is 0 Å². The first-order valence-corrected chi connectivity index (χ1v) is 13.9. The number of nitrogens with two attached hydrogens (primary N) is 1. The molecule has 0 spiro atoms. The minimum atomic E-state index is 0.349. The monoisotopic (exact) mass is 463 g/mol. The van der Waals surface area contributed by atoms with Gasteiger partial charge >= 0.3 is 0 Å². The molecule has 0 radical (unpaired) electrons. The molecule has 2 heteroatoms. The van der Waals surface area contributed by atoms with Gasteiger partial charge in [0.05, 0.1) is 0 Å². The van der Waals surface area contributed by atoms with E-state index >= 15 is 0 Å². The molecule has 0 aliphatic heterocycles. The molecule has 1 fully saturated rings. The van der Waals surface area contributed by atoms with Gasteiger partial charge in [0, 0.05) is 5.38 Å². The zero-order valence-corrected chi connectivity index (χ0v) is 25.3. The van der Waals surface area contributed by atoms with Gasteiger partial charge in [-0.2, -0.15) is 0 Å². The second kappa shape index (κ2) is 30.0. The summed E-state index contributed by atoms with van der Waals surface area (Å²) in [5, 5.41) is 0.349. The van der Waals surface area contributed by atoms with Gasteiger partial charge in [-0.3, -0.25) is 0 Å². The normalized spacial score (nSPS) is 18.4. The Balaban J connectivity index is -0.000000112. The van der Waals surface area contributed by atoms with Gasteiger partial charge in [0.15, 0.2) is 0 Å². The third-order valence-electron chi connectivity index (χ3n) is 5.76. The van der Waals surface area contributed by atoms with Crippen molar-refractivity contribution in [1.29, 1.82) is 0 Å². The van der Waals surface area contributed by atoms with Crippen LogP contribution in [-0.4, -0.2) is 11.9 Å². The second-order valence-electron chi connectivity index (χ2n) is 8.95. The Bertz CT molecular complexity index is 308. The highest BCUT2D eigenvalue weighted by atomic mass is 35.5.